The second-order valence-corrected chi connectivity index (χ2v) is 2.99. The van der Waals surface area contributed by atoms with E-state index in [-0.39, 0.29) is 5.69 Å². The Morgan fingerprint density at radius 1 is 1.27 bits per heavy atom. The normalized spacial score (nSPS) is 13.1. The quantitative estimate of drug-likeness (QED) is 0.806. The van der Waals surface area contributed by atoms with Gasteiger partial charge in [-0.15, -0.1) is 0 Å². The summed E-state index contributed by atoms with van der Waals surface area (Å²) in [6.07, 6.45) is -4.51. The van der Waals surface area contributed by atoms with Gasteiger partial charge in [0.15, 0.2) is 0 Å². The number of aromatic nitrogens is 2. The van der Waals surface area contributed by atoms with E-state index in [0.717, 1.165) is 4.68 Å². The molecule has 1 rings (SSSR count). The van der Waals surface area contributed by atoms with Gasteiger partial charge < -0.3 is 5.73 Å². The van der Waals surface area contributed by atoms with E-state index in [1.165, 1.54) is 12.4 Å². The second kappa shape index (κ2) is 3.67. The van der Waals surface area contributed by atoms with Gasteiger partial charge in [0.2, 0.25) is 0 Å². The van der Waals surface area contributed by atoms with Crippen molar-refractivity contribution in [3.63, 3.8) is 0 Å². The molecule has 0 spiro atoms. The van der Waals surface area contributed by atoms with Crippen molar-refractivity contribution in [1.29, 1.82) is 0 Å². The Hall–Kier alpha value is -1.34. The van der Waals surface area contributed by atoms with Crippen LogP contribution in [0.25, 0.3) is 0 Å². The summed E-state index contributed by atoms with van der Waals surface area (Å²) in [7, 11) is 0. The van der Waals surface area contributed by atoms with Gasteiger partial charge in [-0.3, -0.25) is 4.68 Å². The average molecular weight is 229 g/mol. The van der Waals surface area contributed by atoms with E-state index in [0.29, 0.717) is 0 Å². The van der Waals surface area contributed by atoms with Crippen LogP contribution in [0.2, 0.25) is 0 Å². The van der Waals surface area contributed by atoms with Crippen LogP contribution in [-0.2, 0) is 6.54 Å². The first-order valence-electron chi connectivity index (χ1n) is 3.95. The van der Waals surface area contributed by atoms with Crippen LogP contribution < -0.4 is 5.73 Å². The zero-order valence-electron chi connectivity index (χ0n) is 7.43. The maximum absolute atomic E-state index is 12.4. The van der Waals surface area contributed by atoms with E-state index in [4.69, 9.17) is 5.73 Å². The number of rotatable bonds is 3. The van der Waals surface area contributed by atoms with Crippen LogP contribution >= 0.6 is 0 Å². The van der Waals surface area contributed by atoms with E-state index in [1.807, 2.05) is 0 Å². The fraction of sp³-hybridized carbons (Fsp3) is 0.571. The predicted octanol–water partition coefficient (Wildman–Crippen LogP) is 2.05. The van der Waals surface area contributed by atoms with Crippen LogP contribution in [0.5, 0.6) is 0 Å². The van der Waals surface area contributed by atoms with Crippen LogP contribution in [0.15, 0.2) is 12.4 Å². The topological polar surface area (TPSA) is 43.8 Å². The van der Waals surface area contributed by atoms with Crippen molar-refractivity contribution in [3.8, 4) is 0 Å². The van der Waals surface area contributed by atoms with E-state index >= 15 is 0 Å². The number of nitrogens with two attached hydrogens (primary N) is 1. The molecule has 0 aromatic carbocycles. The molecule has 3 nitrogen and oxygen atoms in total. The molecular weight excluding hydrogens is 221 g/mol. The number of nitrogen functional groups attached to an aromatic ring is 1. The van der Waals surface area contributed by atoms with Gasteiger partial charge in [0.1, 0.15) is 0 Å². The molecule has 2 N–H and O–H groups in total. The third-order valence-corrected chi connectivity index (χ3v) is 1.72. The summed E-state index contributed by atoms with van der Waals surface area (Å²) in [5.41, 5.74) is 5.42. The predicted molar refractivity (Wildman–Crippen MR) is 42.3 cm³/mol. The number of aryl methyl sites for hydroxylation is 1. The summed E-state index contributed by atoms with van der Waals surface area (Å²) < 4.78 is 61.0. The van der Waals surface area contributed by atoms with Crippen molar-refractivity contribution >= 4 is 5.69 Å². The molecule has 0 bridgehead atoms. The van der Waals surface area contributed by atoms with Crippen molar-refractivity contribution < 1.29 is 22.0 Å². The van der Waals surface area contributed by atoms with Gasteiger partial charge >= 0.3 is 12.1 Å². The molecule has 0 aliphatic carbocycles. The lowest BCUT2D eigenvalue weighted by atomic mass is 10.2. The van der Waals surface area contributed by atoms with Gasteiger partial charge in [0.25, 0.3) is 0 Å². The number of hydrogen-bond acceptors (Lipinski definition) is 2. The molecule has 15 heavy (non-hydrogen) atoms. The molecule has 0 saturated heterocycles. The molecule has 8 heteroatoms. The lowest BCUT2D eigenvalue weighted by Gasteiger charge is -2.19. The number of hydrogen-bond donors (Lipinski definition) is 1. The minimum atomic E-state index is -5.52. The van der Waals surface area contributed by atoms with Crippen LogP contribution in [0.1, 0.15) is 6.42 Å². The van der Waals surface area contributed by atoms with Gasteiger partial charge in [0, 0.05) is 19.2 Å². The Labute approximate surface area is 81.7 Å². The van der Waals surface area contributed by atoms with Crippen molar-refractivity contribution in [1.82, 2.24) is 9.78 Å². The molecule has 0 aliphatic rings. The number of nitrogens with zero attached hydrogens (tertiary/aromatic N) is 2. The molecule has 1 heterocycles. The van der Waals surface area contributed by atoms with Gasteiger partial charge in [0.05, 0.1) is 11.9 Å². The number of anilines is 1. The molecule has 0 amide bonds. The van der Waals surface area contributed by atoms with E-state index < -0.39 is 25.1 Å². The van der Waals surface area contributed by atoms with Crippen molar-refractivity contribution in [3.05, 3.63) is 12.4 Å². The first kappa shape index (κ1) is 11.7. The highest BCUT2D eigenvalue weighted by molar-refractivity contribution is 5.30. The summed E-state index contributed by atoms with van der Waals surface area (Å²) in [6, 6.07) is 0. The molecule has 0 radical (unpaired) electrons. The lowest BCUT2D eigenvalue weighted by molar-refractivity contribution is -0.285. The minimum Gasteiger partial charge on any atom is -0.396 e. The van der Waals surface area contributed by atoms with E-state index in [2.05, 4.69) is 5.10 Å². The molecule has 1 aromatic rings. The summed E-state index contributed by atoms with van der Waals surface area (Å²) in [5, 5.41) is 3.49. The average Bonchev–Trinajstić information content (AvgIpc) is 2.46. The highest BCUT2D eigenvalue weighted by Gasteiger charge is 2.56. The number of alkyl halides is 5. The summed E-state index contributed by atoms with van der Waals surface area (Å²) >= 11 is 0. The highest BCUT2D eigenvalue weighted by atomic mass is 19.4. The summed E-state index contributed by atoms with van der Waals surface area (Å²) in [5.74, 6) is -4.70. The first-order valence-corrected chi connectivity index (χ1v) is 3.95. The largest absolute Gasteiger partial charge is 0.453 e. The molecule has 1 aromatic heterocycles. The Morgan fingerprint density at radius 3 is 2.27 bits per heavy atom. The van der Waals surface area contributed by atoms with E-state index in [1.54, 1.807) is 0 Å². The second-order valence-electron chi connectivity index (χ2n) is 2.99. The maximum atomic E-state index is 12.4. The van der Waals surface area contributed by atoms with Crippen molar-refractivity contribution in [2.75, 3.05) is 5.73 Å². The van der Waals surface area contributed by atoms with Crippen LogP contribution in [-0.4, -0.2) is 21.9 Å². The van der Waals surface area contributed by atoms with Crippen LogP contribution in [0, 0.1) is 0 Å². The van der Waals surface area contributed by atoms with Gasteiger partial charge in [-0.25, -0.2) is 0 Å². The molecule has 86 valence electrons. The Balaban J connectivity index is 2.57. The Morgan fingerprint density at radius 2 is 1.87 bits per heavy atom. The minimum absolute atomic E-state index is 0.213. The third kappa shape index (κ3) is 2.80. The third-order valence-electron chi connectivity index (χ3n) is 1.72. The Bertz CT molecular complexity index is 330. The molecule has 0 saturated carbocycles. The van der Waals surface area contributed by atoms with Crippen LogP contribution in [0.4, 0.5) is 27.6 Å². The Kier molecular flexibility index (Phi) is 2.87. The number of halogens is 5. The van der Waals surface area contributed by atoms with E-state index in [9.17, 15) is 22.0 Å². The van der Waals surface area contributed by atoms with Crippen LogP contribution in [0.3, 0.4) is 0 Å². The molecule has 0 atom stereocenters. The fourth-order valence-corrected chi connectivity index (χ4v) is 0.899. The lowest BCUT2D eigenvalue weighted by Crippen LogP contribution is -2.37. The van der Waals surface area contributed by atoms with Crippen molar-refractivity contribution in [2.45, 2.75) is 25.1 Å². The zero-order chi connectivity index (χ0) is 11.7. The molecular formula is C7H8F5N3. The highest BCUT2D eigenvalue weighted by Crippen LogP contribution is 2.38. The smallest absolute Gasteiger partial charge is 0.396 e. The summed E-state index contributed by atoms with van der Waals surface area (Å²) in [6.45, 7) is -0.538. The summed E-state index contributed by atoms with van der Waals surface area (Å²) in [4.78, 5) is 0. The SMILES string of the molecule is Nc1cnn(CCC(F)(F)C(F)(F)F)c1. The van der Waals surface area contributed by atoms with Crippen molar-refractivity contribution in [2.24, 2.45) is 0 Å². The fourth-order valence-electron chi connectivity index (χ4n) is 0.899. The molecule has 0 fully saturated rings. The molecule has 0 unspecified atom stereocenters. The monoisotopic (exact) mass is 229 g/mol. The van der Waals surface area contributed by atoms with Gasteiger partial charge in [-0.2, -0.15) is 27.1 Å². The standard InChI is InChI=1S/C7H8F5N3/c8-6(9,7(10,11)12)1-2-15-4-5(13)3-14-15/h3-4H,1-2,13H2. The molecule has 0 aliphatic heterocycles. The maximum Gasteiger partial charge on any atom is 0.453 e. The van der Waals surface area contributed by atoms with Gasteiger partial charge in [-0.1, -0.05) is 0 Å². The zero-order valence-corrected chi connectivity index (χ0v) is 7.43. The first-order chi connectivity index (χ1) is 6.72. The van der Waals surface area contributed by atoms with Gasteiger partial charge in [-0.05, 0) is 0 Å².